The Balaban J connectivity index is 1.85. The van der Waals surface area contributed by atoms with Gasteiger partial charge in [-0.05, 0) is 48.1 Å². The highest BCUT2D eigenvalue weighted by Gasteiger charge is 2.38. The maximum absolute atomic E-state index is 13.2. The van der Waals surface area contributed by atoms with Gasteiger partial charge < -0.3 is 15.8 Å². The molecule has 0 saturated heterocycles. The molecule has 3 N–H and O–H groups in total. The Morgan fingerprint density at radius 2 is 1.58 bits per heavy atom. The van der Waals surface area contributed by atoms with E-state index in [0.29, 0.717) is 18.6 Å². The first kappa shape index (κ1) is 24.9. The van der Waals surface area contributed by atoms with E-state index >= 15 is 0 Å². The van der Waals surface area contributed by atoms with Gasteiger partial charge in [-0.15, -0.1) is 0 Å². The largest absolute Gasteiger partial charge is 0.416 e. The van der Waals surface area contributed by atoms with Crippen molar-refractivity contribution < 1.29 is 35.9 Å². The minimum absolute atomic E-state index is 0.0501. The van der Waals surface area contributed by atoms with Crippen LogP contribution in [0.25, 0.3) is 0 Å². The van der Waals surface area contributed by atoms with Gasteiger partial charge in [0.2, 0.25) is 0 Å². The van der Waals surface area contributed by atoms with E-state index < -0.39 is 42.2 Å². The summed E-state index contributed by atoms with van der Waals surface area (Å²) in [6.45, 7) is -0.118. The van der Waals surface area contributed by atoms with Crippen LogP contribution in [0.4, 0.5) is 31.1 Å². The molecule has 3 unspecified atom stereocenters. The minimum atomic E-state index is -4.92. The lowest BCUT2D eigenvalue weighted by atomic mass is 9.73. The van der Waals surface area contributed by atoms with Gasteiger partial charge >= 0.3 is 18.4 Å². The predicted molar refractivity (Wildman–Crippen MR) is 109 cm³/mol. The van der Waals surface area contributed by atoms with Crippen LogP contribution in [-0.4, -0.2) is 18.7 Å². The summed E-state index contributed by atoms with van der Waals surface area (Å²) >= 11 is 0. The smallest absolute Gasteiger partial charge is 0.373 e. The Kier molecular flexibility index (Phi) is 7.56. The van der Waals surface area contributed by atoms with Gasteiger partial charge in [0.25, 0.3) is 0 Å². The Labute approximate surface area is 187 Å². The van der Waals surface area contributed by atoms with Crippen LogP contribution < -0.4 is 11.1 Å². The number of ether oxygens (including phenoxy) is 1. The number of halogens is 6. The number of nitrogens with two attached hydrogens (primary N) is 1. The van der Waals surface area contributed by atoms with Crippen molar-refractivity contribution in [2.24, 2.45) is 11.7 Å². The summed E-state index contributed by atoms with van der Waals surface area (Å²) < 4.78 is 84.9. The summed E-state index contributed by atoms with van der Waals surface area (Å²) in [5.74, 6) is -0.259. The second-order valence-corrected chi connectivity index (χ2v) is 8.14. The molecule has 1 aliphatic rings. The van der Waals surface area contributed by atoms with Crippen LogP contribution in [0.5, 0.6) is 0 Å². The van der Waals surface area contributed by atoms with Gasteiger partial charge in [-0.3, -0.25) is 0 Å². The molecule has 1 fully saturated rings. The molecule has 2 aromatic carbocycles. The van der Waals surface area contributed by atoms with Gasteiger partial charge in [-0.1, -0.05) is 36.8 Å². The van der Waals surface area contributed by atoms with Crippen LogP contribution in [0.2, 0.25) is 0 Å². The summed E-state index contributed by atoms with van der Waals surface area (Å²) in [6.07, 6.45) is -8.21. The average molecular weight is 474 g/mol. The molecule has 2 aromatic rings. The third-order valence-electron chi connectivity index (χ3n) is 5.81. The average Bonchev–Trinajstić information content (AvgIpc) is 2.75. The Hall–Kier alpha value is -2.75. The summed E-state index contributed by atoms with van der Waals surface area (Å²) in [5.41, 5.74) is 3.16. The molecule has 0 aliphatic heterocycles. The van der Waals surface area contributed by atoms with E-state index in [1.807, 2.05) is 30.3 Å². The normalized spacial score (nSPS) is 21.6. The molecule has 10 heteroatoms. The SMILES string of the molecule is NC(=O)NCC1CCCC(OCc2cc(C(F)(F)F)cc(C(F)(F)F)c2)C1c1ccccc1. The quantitative estimate of drug-likeness (QED) is 0.515. The lowest BCUT2D eigenvalue weighted by molar-refractivity contribution is -0.143. The zero-order valence-corrected chi connectivity index (χ0v) is 17.5. The van der Waals surface area contributed by atoms with Crippen LogP contribution >= 0.6 is 0 Å². The Morgan fingerprint density at radius 1 is 0.970 bits per heavy atom. The van der Waals surface area contributed by atoms with Crippen molar-refractivity contribution in [1.82, 2.24) is 5.32 Å². The second kappa shape index (κ2) is 10.0. The number of benzene rings is 2. The zero-order valence-electron chi connectivity index (χ0n) is 17.5. The van der Waals surface area contributed by atoms with E-state index in [1.165, 1.54) is 0 Å². The number of hydrogen-bond acceptors (Lipinski definition) is 2. The fraction of sp³-hybridized carbons (Fsp3) is 0.435. The summed E-state index contributed by atoms with van der Waals surface area (Å²) in [5, 5.41) is 2.59. The van der Waals surface area contributed by atoms with Crippen molar-refractivity contribution in [2.75, 3.05) is 6.54 Å². The monoisotopic (exact) mass is 474 g/mol. The first-order valence-electron chi connectivity index (χ1n) is 10.4. The first-order chi connectivity index (χ1) is 15.4. The molecule has 0 aromatic heterocycles. The third kappa shape index (κ3) is 6.63. The van der Waals surface area contributed by atoms with Crippen molar-refractivity contribution in [2.45, 2.75) is 50.2 Å². The molecule has 1 aliphatic carbocycles. The van der Waals surface area contributed by atoms with E-state index in [0.717, 1.165) is 18.4 Å². The number of hydrogen-bond donors (Lipinski definition) is 2. The molecule has 0 spiro atoms. The topological polar surface area (TPSA) is 64.4 Å². The molecule has 1 saturated carbocycles. The zero-order chi connectivity index (χ0) is 24.2. The molecule has 0 radical (unpaired) electrons. The van der Waals surface area contributed by atoms with Crippen LogP contribution in [0.3, 0.4) is 0 Å². The number of urea groups is 1. The Bertz CT molecular complexity index is 914. The highest BCUT2D eigenvalue weighted by atomic mass is 19.4. The van der Waals surface area contributed by atoms with Crippen LogP contribution in [0, 0.1) is 5.92 Å². The van der Waals surface area contributed by atoms with E-state index in [2.05, 4.69) is 5.32 Å². The highest BCUT2D eigenvalue weighted by molar-refractivity contribution is 5.71. The fourth-order valence-electron chi connectivity index (χ4n) is 4.36. The lowest BCUT2D eigenvalue weighted by Crippen LogP contribution is -2.41. The fourth-order valence-corrected chi connectivity index (χ4v) is 4.36. The van der Waals surface area contributed by atoms with Gasteiger partial charge in [-0.25, -0.2) is 4.79 Å². The highest BCUT2D eigenvalue weighted by Crippen LogP contribution is 2.41. The van der Waals surface area contributed by atoms with Crippen LogP contribution in [-0.2, 0) is 23.7 Å². The van der Waals surface area contributed by atoms with Crippen LogP contribution in [0.1, 0.15) is 47.4 Å². The van der Waals surface area contributed by atoms with Crippen molar-refractivity contribution >= 4 is 6.03 Å². The van der Waals surface area contributed by atoms with Crippen molar-refractivity contribution in [3.05, 3.63) is 70.8 Å². The molecule has 33 heavy (non-hydrogen) atoms. The molecule has 3 rings (SSSR count). The molecule has 180 valence electrons. The Morgan fingerprint density at radius 3 is 2.12 bits per heavy atom. The van der Waals surface area contributed by atoms with Crippen molar-refractivity contribution in [3.8, 4) is 0 Å². The third-order valence-corrected chi connectivity index (χ3v) is 5.81. The number of amides is 2. The molecular weight excluding hydrogens is 450 g/mol. The van der Waals surface area contributed by atoms with Gasteiger partial charge in [0.1, 0.15) is 0 Å². The molecule has 0 heterocycles. The van der Waals surface area contributed by atoms with Gasteiger partial charge in [0, 0.05) is 12.5 Å². The maximum atomic E-state index is 13.2. The number of carbonyl (C=O) groups is 1. The standard InChI is InChI=1S/C23H24F6N2O2/c24-22(25,26)17-9-14(10-18(11-17)23(27,28)29)13-33-19-8-4-7-16(12-31-21(30)32)20(19)15-5-2-1-3-6-15/h1-3,5-6,9-11,16,19-20H,4,7-8,12-13H2,(H3,30,31,32). The van der Waals surface area contributed by atoms with E-state index in [-0.39, 0.29) is 30.0 Å². The van der Waals surface area contributed by atoms with E-state index in [4.69, 9.17) is 10.5 Å². The van der Waals surface area contributed by atoms with Gasteiger partial charge in [0.05, 0.1) is 23.8 Å². The summed E-state index contributed by atoms with van der Waals surface area (Å²) in [6, 6.07) is 10.1. The molecule has 0 bridgehead atoms. The number of primary amides is 1. The van der Waals surface area contributed by atoms with Crippen LogP contribution in [0.15, 0.2) is 48.5 Å². The summed E-state index contributed by atoms with van der Waals surface area (Å²) in [7, 11) is 0. The molecular formula is C23H24F6N2O2. The molecule has 4 nitrogen and oxygen atoms in total. The van der Waals surface area contributed by atoms with E-state index in [9.17, 15) is 31.1 Å². The van der Waals surface area contributed by atoms with Crippen molar-refractivity contribution in [1.29, 1.82) is 0 Å². The minimum Gasteiger partial charge on any atom is -0.373 e. The number of carbonyl (C=O) groups excluding carboxylic acids is 1. The predicted octanol–water partition coefficient (Wildman–Crippen LogP) is 5.86. The lowest BCUT2D eigenvalue weighted by Gasteiger charge is -2.38. The number of alkyl halides is 6. The van der Waals surface area contributed by atoms with Crippen molar-refractivity contribution in [3.63, 3.8) is 0 Å². The van der Waals surface area contributed by atoms with Gasteiger partial charge in [-0.2, -0.15) is 26.3 Å². The van der Waals surface area contributed by atoms with E-state index in [1.54, 1.807) is 0 Å². The summed E-state index contributed by atoms with van der Waals surface area (Å²) in [4.78, 5) is 11.2. The number of rotatable bonds is 6. The molecule has 2 amide bonds. The molecule has 3 atom stereocenters. The first-order valence-corrected chi connectivity index (χ1v) is 10.4. The number of nitrogens with one attached hydrogen (secondary N) is 1. The van der Waals surface area contributed by atoms with Gasteiger partial charge in [0.15, 0.2) is 0 Å². The second-order valence-electron chi connectivity index (χ2n) is 8.14. The maximum Gasteiger partial charge on any atom is 0.416 e.